The third kappa shape index (κ3) is 5.50. The first-order valence-electron chi connectivity index (χ1n) is 7.57. The molecule has 0 aliphatic rings. The van der Waals surface area contributed by atoms with Crippen LogP contribution in [-0.2, 0) is 27.8 Å². The first-order valence-corrected chi connectivity index (χ1v) is 9.06. The van der Waals surface area contributed by atoms with E-state index >= 15 is 0 Å². The first-order chi connectivity index (χ1) is 11.8. The molecule has 0 radical (unpaired) electrons. The topological polar surface area (TPSA) is 112 Å². The van der Waals surface area contributed by atoms with Gasteiger partial charge in [0.2, 0.25) is 16.0 Å². The Hall–Kier alpha value is -2.52. The molecule has 0 atom stereocenters. The summed E-state index contributed by atoms with van der Waals surface area (Å²) in [5, 5.41) is 8.67. The molecule has 0 spiro atoms. The highest BCUT2D eigenvalue weighted by atomic mass is 32.2. The van der Waals surface area contributed by atoms with E-state index in [4.69, 9.17) is 5.11 Å². The molecule has 0 aliphatic heterocycles. The van der Waals surface area contributed by atoms with Gasteiger partial charge in [0.05, 0.1) is 17.1 Å². The van der Waals surface area contributed by atoms with Gasteiger partial charge in [-0.3, -0.25) is 4.79 Å². The van der Waals surface area contributed by atoms with Crippen molar-refractivity contribution < 1.29 is 18.3 Å². The molecule has 0 fully saturated rings. The largest absolute Gasteiger partial charge is 0.481 e. The molecule has 0 aliphatic carbocycles. The van der Waals surface area contributed by atoms with E-state index in [1.54, 1.807) is 43.4 Å². The molecule has 134 valence electrons. The summed E-state index contributed by atoms with van der Waals surface area (Å²) in [4.78, 5) is 20.7. The molecule has 1 aromatic heterocycles. The number of hydrogen-bond acceptors (Lipinski definition) is 6. The number of hydrogen-bond donors (Lipinski definition) is 2. The molecule has 0 bridgehead atoms. The summed E-state index contributed by atoms with van der Waals surface area (Å²) in [6.45, 7) is 0.0481. The molecule has 2 N–H and O–H groups in total. The van der Waals surface area contributed by atoms with E-state index in [0.717, 1.165) is 5.56 Å². The molecule has 2 aromatic rings. The Balaban J connectivity index is 2.03. The molecule has 0 unspecified atom stereocenters. The summed E-state index contributed by atoms with van der Waals surface area (Å²) >= 11 is 0. The summed E-state index contributed by atoms with van der Waals surface area (Å²) < 4.78 is 27.2. The van der Waals surface area contributed by atoms with Crippen molar-refractivity contribution in [3.63, 3.8) is 0 Å². The lowest BCUT2D eigenvalue weighted by molar-refractivity contribution is -0.136. The summed E-state index contributed by atoms with van der Waals surface area (Å²) in [6.07, 6.45) is 1.94. The molecule has 8 nitrogen and oxygen atoms in total. The van der Waals surface area contributed by atoms with Gasteiger partial charge >= 0.3 is 5.97 Å². The number of aryl methyl sites for hydroxylation is 1. The van der Waals surface area contributed by atoms with E-state index in [1.807, 2.05) is 0 Å². The number of benzene rings is 1. The average molecular weight is 364 g/mol. The molecular formula is C16H20N4O4S. The number of rotatable bonds is 8. The van der Waals surface area contributed by atoms with E-state index in [0.29, 0.717) is 18.1 Å². The lowest BCUT2D eigenvalue weighted by atomic mass is 10.1. The van der Waals surface area contributed by atoms with Crippen LogP contribution in [0, 0.1) is 0 Å². The third-order valence-electron chi connectivity index (χ3n) is 3.41. The van der Waals surface area contributed by atoms with Crippen LogP contribution in [0.25, 0.3) is 0 Å². The summed E-state index contributed by atoms with van der Waals surface area (Å²) in [5.74, 6) is -0.389. The molecule has 2 rings (SSSR count). The van der Waals surface area contributed by atoms with Crippen LogP contribution in [0.15, 0.2) is 41.4 Å². The molecule has 1 heterocycles. The summed E-state index contributed by atoms with van der Waals surface area (Å²) in [6, 6.07) is 7.80. The molecule has 0 amide bonds. The van der Waals surface area contributed by atoms with Gasteiger partial charge in [-0.25, -0.2) is 23.1 Å². The maximum atomic E-state index is 12.3. The van der Waals surface area contributed by atoms with Crippen molar-refractivity contribution in [1.82, 2.24) is 14.7 Å². The van der Waals surface area contributed by atoms with Gasteiger partial charge in [0.15, 0.2) is 0 Å². The monoisotopic (exact) mass is 364 g/mol. The van der Waals surface area contributed by atoms with E-state index in [-0.39, 0.29) is 17.9 Å². The van der Waals surface area contributed by atoms with Gasteiger partial charge in [-0.15, -0.1) is 0 Å². The maximum Gasteiger partial charge on any atom is 0.303 e. The van der Waals surface area contributed by atoms with Gasteiger partial charge in [0, 0.05) is 26.7 Å². The highest BCUT2D eigenvalue weighted by molar-refractivity contribution is 7.89. The van der Waals surface area contributed by atoms with Crippen molar-refractivity contribution >= 4 is 21.9 Å². The number of carboxylic acid groups (broad SMARTS) is 1. The highest BCUT2D eigenvalue weighted by Gasteiger charge is 2.14. The Morgan fingerprint density at radius 1 is 1.20 bits per heavy atom. The fourth-order valence-electron chi connectivity index (χ4n) is 2.04. The van der Waals surface area contributed by atoms with Gasteiger partial charge in [0.25, 0.3) is 0 Å². The maximum absolute atomic E-state index is 12.3. The second-order valence-electron chi connectivity index (χ2n) is 5.60. The normalized spacial score (nSPS) is 11.3. The Bertz CT molecular complexity index is 835. The molecule has 9 heteroatoms. The number of nitrogens with zero attached hydrogens (tertiary/aromatic N) is 3. The van der Waals surface area contributed by atoms with Crippen LogP contribution in [-0.4, -0.2) is 43.6 Å². The smallest absolute Gasteiger partial charge is 0.303 e. The number of carbonyl (C=O) groups is 1. The minimum atomic E-state index is -3.68. The van der Waals surface area contributed by atoms with Crippen molar-refractivity contribution in [3.05, 3.63) is 47.8 Å². The van der Waals surface area contributed by atoms with Crippen molar-refractivity contribution in [2.45, 2.75) is 24.3 Å². The first kappa shape index (κ1) is 18.8. The van der Waals surface area contributed by atoms with Crippen LogP contribution >= 0.6 is 0 Å². The van der Waals surface area contributed by atoms with Crippen LogP contribution in [0.2, 0.25) is 0 Å². The molecule has 0 saturated carbocycles. The number of aliphatic carboxylic acids is 1. The zero-order valence-corrected chi connectivity index (χ0v) is 14.8. The number of anilines is 1. The Morgan fingerprint density at radius 3 is 2.48 bits per heavy atom. The van der Waals surface area contributed by atoms with Crippen LogP contribution in [0.4, 0.5) is 5.95 Å². The number of aromatic nitrogens is 2. The van der Waals surface area contributed by atoms with Crippen LogP contribution < -0.4 is 9.62 Å². The van der Waals surface area contributed by atoms with Gasteiger partial charge < -0.3 is 10.0 Å². The summed E-state index contributed by atoms with van der Waals surface area (Å²) in [5.41, 5.74) is 1.33. The lowest BCUT2D eigenvalue weighted by Gasteiger charge is -2.11. The van der Waals surface area contributed by atoms with Crippen molar-refractivity contribution in [3.8, 4) is 0 Å². The quantitative estimate of drug-likeness (QED) is 0.719. The fraction of sp³-hybridized carbons (Fsp3) is 0.312. The zero-order valence-electron chi connectivity index (χ0n) is 14.0. The highest BCUT2D eigenvalue weighted by Crippen LogP contribution is 2.13. The zero-order chi connectivity index (χ0) is 18.4. The second-order valence-corrected chi connectivity index (χ2v) is 7.37. The van der Waals surface area contributed by atoms with Gasteiger partial charge in [-0.2, -0.15) is 0 Å². The lowest BCUT2D eigenvalue weighted by Crippen LogP contribution is -2.24. The van der Waals surface area contributed by atoms with Crippen LogP contribution in [0.1, 0.15) is 17.7 Å². The minimum Gasteiger partial charge on any atom is -0.481 e. The van der Waals surface area contributed by atoms with Crippen LogP contribution in [0.3, 0.4) is 0 Å². The number of nitrogens with one attached hydrogen (secondary N) is 1. The Morgan fingerprint density at radius 2 is 1.88 bits per heavy atom. The predicted octanol–water partition coefficient (Wildman–Crippen LogP) is 1.04. The standard InChI is InChI=1S/C16H20N4O4S/c1-20(2)16-17-10-9-13(19-16)11-18-25(23,24)14-6-3-12(4-7-14)5-8-15(21)22/h3-4,6-7,9-10,18H,5,8,11H2,1-2H3,(H,21,22). The van der Waals surface area contributed by atoms with Crippen molar-refractivity contribution in [2.75, 3.05) is 19.0 Å². The second kappa shape index (κ2) is 8.04. The molecule has 25 heavy (non-hydrogen) atoms. The SMILES string of the molecule is CN(C)c1nccc(CNS(=O)(=O)c2ccc(CCC(=O)O)cc2)n1. The van der Waals surface area contributed by atoms with Gasteiger partial charge in [0.1, 0.15) is 0 Å². The van der Waals surface area contributed by atoms with E-state index in [9.17, 15) is 13.2 Å². The predicted molar refractivity (Wildman–Crippen MR) is 92.8 cm³/mol. The van der Waals surface area contributed by atoms with E-state index < -0.39 is 16.0 Å². The fourth-order valence-corrected chi connectivity index (χ4v) is 3.04. The number of carboxylic acids is 1. The molecule has 1 aromatic carbocycles. The molecular weight excluding hydrogens is 344 g/mol. The summed E-state index contributed by atoms with van der Waals surface area (Å²) in [7, 11) is -0.0784. The Kier molecular flexibility index (Phi) is 6.05. The third-order valence-corrected chi connectivity index (χ3v) is 4.82. The van der Waals surface area contributed by atoms with E-state index in [2.05, 4.69) is 14.7 Å². The van der Waals surface area contributed by atoms with Gasteiger partial charge in [-0.1, -0.05) is 12.1 Å². The van der Waals surface area contributed by atoms with E-state index in [1.165, 1.54) is 12.1 Å². The van der Waals surface area contributed by atoms with Gasteiger partial charge in [-0.05, 0) is 30.2 Å². The van der Waals surface area contributed by atoms with Crippen molar-refractivity contribution in [1.29, 1.82) is 0 Å². The minimum absolute atomic E-state index is 0.00622. The Labute approximate surface area is 146 Å². The molecule has 0 saturated heterocycles. The van der Waals surface area contributed by atoms with Crippen LogP contribution in [0.5, 0.6) is 0 Å². The average Bonchev–Trinajstić information content (AvgIpc) is 2.59. The number of sulfonamides is 1. The van der Waals surface area contributed by atoms with Crippen molar-refractivity contribution in [2.24, 2.45) is 0 Å².